The lowest BCUT2D eigenvalue weighted by Crippen LogP contribution is -2.38. The molecule has 2 N–H and O–H groups in total. The summed E-state index contributed by atoms with van der Waals surface area (Å²) >= 11 is 0. The lowest BCUT2D eigenvalue weighted by atomic mass is 10.0. The number of carbonyl (C=O) groups excluding carboxylic acids is 1. The molecule has 0 saturated heterocycles. The standard InChI is InChI=1S/C18H16F2N2O3/c1-10(18(24)11-6-7-13(19)14(20)8-11)21-17(23)9-15-12-4-2-3-5-16(12)25-22-15/h2-8,10,18,24H,9H2,1H3,(H,21,23). The van der Waals surface area contributed by atoms with Crippen LogP contribution < -0.4 is 5.32 Å². The number of aliphatic hydroxyl groups excluding tert-OH is 1. The Bertz CT molecular complexity index is 910. The minimum atomic E-state index is -1.17. The van der Waals surface area contributed by atoms with Crippen LogP contribution in [0.3, 0.4) is 0 Å². The fourth-order valence-electron chi connectivity index (χ4n) is 2.59. The highest BCUT2D eigenvalue weighted by Gasteiger charge is 2.21. The Morgan fingerprint density at radius 1 is 1.24 bits per heavy atom. The third-order valence-corrected chi connectivity index (χ3v) is 3.93. The van der Waals surface area contributed by atoms with Gasteiger partial charge in [-0.3, -0.25) is 4.79 Å². The number of carbonyl (C=O) groups is 1. The Hall–Kier alpha value is -2.80. The van der Waals surface area contributed by atoms with Crippen LogP contribution in [-0.2, 0) is 11.2 Å². The van der Waals surface area contributed by atoms with Gasteiger partial charge < -0.3 is 14.9 Å². The summed E-state index contributed by atoms with van der Waals surface area (Å²) in [5.74, 6) is -2.41. The van der Waals surface area contributed by atoms with Crippen molar-refractivity contribution in [3.8, 4) is 0 Å². The third-order valence-electron chi connectivity index (χ3n) is 3.93. The fourth-order valence-corrected chi connectivity index (χ4v) is 2.59. The number of nitrogens with one attached hydrogen (secondary N) is 1. The molecule has 0 radical (unpaired) electrons. The molecule has 0 aliphatic rings. The van der Waals surface area contributed by atoms with E-state index in [4.69, 9.17) is 4.52 Å². The van der Waals surface area contributed by atoms with Crippen molar-refractivity contribution >= 4 is 16.9 Å². The summed E-state index contributed by atoms with van der Waals surface area (Å²) in [6, 6.07) is 9.59. The summed E-state index contributed by atoms with van der Waals surface area (Å²) in [6.07, 6.45) is -1.20. The Kier molecular flexibility index (Phi) is 4.76. The molecule has 0 aliphatic carbocycles. The fraction of sp³-hybridized carbons (Fsp3) is 0.222. The van der Waals surface area contributed by atoms with Gasteiger partial charge in [-0.05, 0) is 36.8 Å². The van der Waals surface area contributed by atoms with Crippen LogP contribution in [0.4, 0.5) is 8.78 Å². The molecule has 3 aromatic rings. The Labute approximate surface area is 142 Å². The summed E-state index contributed by atoms with van der Waals surface area (Å²) in [6.45, 7) is 1.57. The van der Waals surface area contributed by atoms with Crippen LogP contribution in [0.25, 0.3) is 11.0 Å². The second-order valence-corrected chi connectivity index (χ2v) is 5.78. The van der Waals surface area contributed by atoms with E-state index in [1.807, 2.05) is 6.07 Å². The zero-order valence-corrected chi connectivity index (χ0v) is 13.4. The molecule has 2 unspecified atom stereocenters. The van der Waals surface area contributed by atoms with Crippen molar-refractivity contribution in [2.24, 2.45) is 0 Å². The van der Waals surface area contributed by atoms with E-state index in [0.29, 0.717) is 11.3 Å². The number of para-hydroxylation sites is 1. The van der Waals surface area contributed by atoms with Crippen LogP contribution in [0.2, 0.25) is 0 Å². The maximum absolute atomic E-state index is 13.3. The summed E-state index contributed by atoms with van der Waals surface area (Å²) in [4.78, 5) is 12.2. The van der Waals surface area contributed by atoms with Gasteiger partial charge in [-0.2, -0.15) is 0 Å². The van der Waals surface area contributed by atoms with Gasteiger partial charge in [0.15, 0.2) is 17.2 Å². The van der Waals surface area contributed by atoms with Crippen molar-refractivity contribution in [2.45, 2.75) is 25.5 Å². The first-order valence-electron chi connectivity index (χ1n) is 7.71. The van der Waals surface area contributed by atoms with E-state index in [0.717, 1.165) is 17.5 Å². The van der Waals surface area contributed by atoms with Crippen molar-refractivity contribution in [2.75, 3.05) is 0 Å². The van der Waals surface area contributed by atoms with E-state index >= 15 is 0 Å². The van der Waals surface area contributed by atoms with E-state index in [1.165, 1.54) is 6.07 Å². The Morgan fingerprint density at radius 3 is 2.76 bits per heavy atom. The van der Waals surface area contributed by atoms with Gasteiger partial charge >= 0.3 is 0 Å². The van der Waals surface area contributed by atoms with Gasteiger partial charge in [0, 0.05) is 5.39 Å². The minimum absolute atomic E-state index is 0.0220. The molecule has 0 aliphatic heterocycles. The number of rotatable bonds is 5. The Morgan fingerprint density at radius 2 is 2.00 bits per heavy atom. The van der Waals surface area contributed by atoms with Gasteiger partial charge in [0.2, 0.25) is 5.91 Å². The Balaban J connectivity index is 1.66. The van der Waals surface area contributed by atoms with Gasteiger partial charge in [0.25, 0.3) is 0 Å². The van der Waals surface area contributed by atoms with Crippen molar-refractivity contribution in [3.05, 3.63) is 65.4 Å². The molecule has 2 aromatic carbocycles. The number of hydrogen-bond acceptors (Lipinski definition) is 4. The number of benzene rings is 2. The average molecular weight is 346 g/mol. The molecule has 1 amide bonds. The molecule has 0 fully saturated rings. The smallest absolute Gasteiger partial charge is 0.226 e. The predicted octanol–water partition coefficient (Wildman–Crippen LogP) is 2.89. The first-order chi connectivity index (χ1) is 12.0. The number of aliphatic hydroxyl groups is 1. The molecular weight excluding hydrogens is 330 g/mol. The molecule has 7 heteroatoms. The lowest BCUT2D eigenvalue weighted by molar-refractivity contribution is -0.121. The number of hydrogen-bond donors (Lipinski definition) is 2. The molecule has 25 heavy (non-hydrogen) atoms. The van der Waals surface area contributed by atoms with Crippen LogP contribution in [0.1, 0.15) is 24.3 Å². The van der Waals surface area contributed by atoms with E-state index < -0.39 is 23.8 Å². The van der Waals surface area contributed by atoms with E-state index in [9.17, 15) is 18.7 Å². The largest absolute Gasteiger partial charge is 0.386 e. The van der Waals surface area contributed by atoms with Gasteiger partial charge in [-0.1, -0.05) is 23.4 Å². The quantitative estimate of drug-likeness (QED) is 0.745. The second kappa shape index (κ2) is 6.98. The van der Waals surface area contributed by atoms with Crippen LogP contribution in [0.15, 0.2) is 47.0 Å². The van der Waals surface area contributed by atoms with Crippen molar-refractivity contribution in [3.63, 3.8) is 0 Å². The van der Waals surface area contributed by atoms with Crippen molar-refractivity contribution in [1.29, 1.82) is 0 Å². The van der Waals surface area contributed by atoms with Crippen LogP contribution >= 0.6 is 0 Å². The zero-order valence-electron chi connectivity index (χ0n) is 13.4. The second-order valence-electron chi connectivity index (χ2n) is 5.78. The molecular formula is C18H16F2N2O3. The summed E-state index contributed by atoms with van der Waals surface area (Å²) < 4.78 is 31.4. The van der Waals surface area contributed by atoms with Gasteiger partial charge in [0.05, 0.1) is 18.6 Å². The van der Waals surface area contributed by atoms with Gasteiger partial charge in [-0.15, -0.1) is 0 Å². The highest BCUT2D eigenvalue weighted by Crippen LogP contribution is 2.20. The van der Waals surface area contributed by atoms with E-state index in [2.05, 4.69) is 10.5 Å². The number of nitrogens with zero attached hydrogens (tertiary/aromatic N) is 1. The highest BCUT2D eigenvalue weighted by atomic mass is 19.2. The molecule has 2 atom stereocenters. The highest BCUT2D eigenvalue weighted by molar-refractivity contribution is 5.86. The summed E-state index contributed by atoms with van der Waals surface area (Å²) in [5.41, 5.74) is 1.25. The van der Waals surface area contributed by atoms with Crippen molar-refractivity contribution < 1.29 is 23.2 Å². The zero-order chi connectivity index (χ0) is 18.0. The average Bonchev–Trinajstić information content (AvgIpc) is 2.99. The van der Waals surface area contributed by atoms with Gasteiger partial charge in [0.1, 0.15) is 5.69 Å². The number of amides is 1. The van der Waals surface area contributed by atoms with Crippen LogP contribution in [0.5, 0.6) is 0 Å². The predicted molar refractivity (Wildman–Crippen MR) is 86.6 cm³/mol. The SMILES string of the molecule is CC(NC(=O)Cc1noc2ccccc12)C(O)c1ccc(F)c(F)c1. The molecule has 130 valence electrons. The third kappa shape index (κ3) is 3.66. The molecule has 1 heterocycles. The maximum atomic E-state index is 13.3. The summed E-state index contributed by atoms with van der Waals surface area (Å²) in [5, 5.41) is 17.5. The first kappa shape index (κ1) is 17.0. The minimum Gasteiger partial charge on any atom is -0.386 e. The molecule has 1 aromatic heterocycles. The topological polar surface area (TPSA) is 75.4 Å². The monoisotopic (exact) mass is 346 g/mol. The lowest BCUT2D eigenvalue weighted by Gasteiger charge is -2.20. The van der Waals surface area contributed by atoms with Crippen LogP contribution in [0, 0.1) is 11.6 Å². The molecule has 0 spiro atoms. The van der Waals surface area contributed by atoms with Crippen LogP contribution in [-0.4, -0.2) is 22.2 Å². The van der Waals surface area contributed by atoms with E-state index in [1.54, 1.807) is 25.1 Å². The normalized spacial score (nSPS) is 13.6. The first-order valence-corrected chi connectivity index (χ1v) is 7.71. The molecule has 0 bridgehead atoms. The maximum Gasteiger partial charge on any atom is 0.226 e. The number of halogens is 2. The number of aromatic nitrogens is 1. The van der Waals surface area contributed by atoms with Gasteiger partial charge in [-0.25, -0.2) is 8.78 Å². The molecule has 0 saturated carbocycles. The number of fused-ring (bicyclic) bond motifs is 1. The summed E-state index contributed by atoms with van der Waals surface area (Å²) in [7, 11) is 0. The molecule has 3 rings (SSSR count). The van der Waals surface area contributed by atoms with E-state index in [-0.39, 0.29) is 17.9 Å². The van der Waals surface area contributed by atoms with Crippen molar-refractivity contribution in [1.82, 2.24) is 10.5 Å². The molecule has 5 nitrogen and oxygen atoms in total.